The van der Waals surface area contributed by atoms with Gasteiger partial charge in [0.05, 0.1) is 12.9 Å². The van der Waals surface area contributed by atoms with Gasteiger partial charge in [0, 0.05) is 0 Å². The number of nitrogens with zero attached hydrogens (tertiary/aromatic N) is 4. The largest absolute Gasteiger partial charge is 0.394 e. The molecule has 132 valence electrons. The predicted molar refractivity (Wildman–Crippen MR) is 73.7 cm³/mol. The van der Waals surface area contributed by atoms with Gasteiger partial charge in [-0.3, -0.25) is 9.13 Å². The number of nitrogens with two attached hydrogens (primary N) is 1. The number of hydrogen-bond donors (Lipinski definition) is 6. The molecule has 1 fully saturated rings. The van der Waals surface area contributed by atoms with Gasteiger partial charge in [0.1, 0.15) is 12.2 Å². The molecule has 0 unspecified atom stereocenters. The molecule has 3 rings (SSSR count). The fraction of sp³-hybridized carbons (Fsp3) is 0.500. The third-order valence-corrected chi connectivity index (χ3v) is 5.30. The maximum absolute atomic E-state index is 13.4. The van der Waals surface area contributed by atoms with Crippen LogP contribution in [0.5, 0.6) is 0 Å². The quantitative estimate of drug-likeness (QED) is 0.252. The summed E-state index contributed by atoms with van der Waals surface area (Å²) in [7, 11) is -5.32. The summed E-state index contributed by atoms with van der Waals surface area (Å²) in [5.41, 5.74) is 5.23. The van der Waals surface area contributed by atoms with Crippen LogP contribution in [0.4, 0.5) is 10.2 Å². The number of nitrogen functional groups attached to an aromatic ring is 1. The second-order valence-electron chi connectivity index (χ2n) is 5.17. The fourth-order valence-corrected chi connectivity index (χ4v) is 3.58. The zero-order valence-corrected chi connectivity index (χ0v) is 12.7. The second-order valence-corrected chi connectivity index (χ2v) is 6.98. The Hall–Kier alpha value is -1.73. The summed E-state index contributed by atoms with van der Waals surface area (Å²) in [6.07, 6.45) is -5.77. The summed E-state index contributed by atoms with van der Waals surface area (Å²) < 4.78 is 31.0. The Morgan fingerprint density at radius 1 is 1.46 bits per heavy atom. The molecule has 1 saturated heterocycles. The van der Waals surface area contributed by atoms with E-state index in [0.29, 0.717) is 0 Å². The minimum Gasteiger partial charge on any atom is -0.394 e. The predicted octanol–water partition coefficient (Wildman–Crippen LogP) is -2.34. The van der Waals surface area contributed by atoms with Gasteiger partial charge in [0.2, 0.25) is 5.34 Å². The summed E-state index contributed by atoms with van der Waals surface area (Å²) in [4.78, 5) is 29.2. The van der Waals surface area contributed by atoms with Crippen LogP contribution >= 0.6 is 7.60 Å². The van der Waals surface area contributed by atoms with E-state index in [4.69, 9.17) is 10.5 Å². The van der Waals surface area contributed by atoms with Crippen LogP contribution in [0.3, 0.4) is 0 Å². The topological polar surface area (TPSA) is 197 Å². The fourth-order valence-electron chi connectivity index (χ4n) is 2.60. The zero-order chi connectivity index (χ0) is 17.9. The first-order valence-corrected chi connectivity index (χ1v) is 8.10. The standard InChI is InChI=1S/C10H13FN5O7P/c11-9-14-6(12)4-7(15-9)16(2-13-4)8-5(18)10(19,24(20,21)22)3(1-17)23-8/h2-3,5,8,17-19H,1H2,(H2,12,14,15)(H2,20,21,22)/t3-,5-,8-,10-/m1/s1. The third-order valence-electron chi connectivity index (χ3n) is 3.81. The molecule has 3 heterocycles. The Balaban J connectivity index is 2.13. The van der Waals surface area contributed by atoms with Crippen molar-refractivity contribution in [3.63, 3.8) is 0 Å². The van der Waals surface area contributed by atoms with E-state index in [1.54, 1.807) is 0 Å². The molecule has 7 N–H and O–H groups in total. The molecule has 0 amide bonds. The van der Waals surface area contributed by atoms with Crippen molar-refractivity contribution in [2.45, 2.75) is 23.8 Å². The van der Waals surface area contributed by atoms with Gasteiger partial charge in [-0.2, -0.15) is 14.4 Å². The molecule has 24 heavy (non-hydrogen) atoms. The SMILES string of the molecule is Nc1nc(F)nc2c1ncn2[C@@H]1O[C@H](CO)[C@@](O)(P(=O)(O)O)[C@@H]1O. The van der Waals surface area contributed by atoms with Crippen molar-refractivity contribution in [1.82, 2.24) is 19.5 Å². The Bertz CT molecular complexity index is 842. The van der Waals surface area contributed by atoms with Gasteiger partial charge in [-0.1, -0.05) is 0 Å². The van der Waals surface area contributed by atoms with Gasteiger partial charge < -0.3 is 35.6 Å². The van der Waals surface area contributed by atoms with Crippen LogP contribution in [-0.2, 0) is 9.30 Å². The lowest BCUT2D eigenvalue weighted by Crippen LogP contribution is -2.48. The second kappa shape index (κ2) is 5.39. The van der Waals surface area contributed by atoms with Crippen LogP contribution in [0.15, 0.2) is 6.33 Å². The van der Waals surface area contributed by atoms with Crippen molar-refractivity contribution in [3.8, 4) is 0 Å². The number of aliphatic hydroxyl groups excluding tert-OH is 2. The van der Waals surface area contributed by atoms with Gasteiger partial charge in [-0.15, -0.1) is 0 Å². The molecule has 2 aromatic heterocycles. The van der Waals surface area contributed by atoms with Crippen LogP contribution in [0.2, 0.25) is 0 Å². The number of hydrogen-bond acceptors (Lipinski definition) is 9. The molecule has 12 nitrogen and oxygen atoms in total. The Morgan fingerprint density at radius 2 is 2.12 bits per heavy atom. The highest BCUT2D eigenvalue weighted by Crippen LogP contribution is 2.59. The maximum atomic E-state index is 13.4. The van der Waals surface area contributed by atoms with E-state index in [0.717, 1.165) is 10.9 Å². The van der Waals surface area contributed by atoms with E-state index in [2.05, 4.69) is 15.0 Å². The molecule has 4 atom stereocenters. The van der Waals surface area contributed by atoms with E-state index in [-0.39, 0.29) is 17.0 Å². The molecule has 1 aliphatic heterocycles. The smallest absolute Gasteiger partial charge is 0.362 e. The highest BCUT2D eigenvalue weighted by molar-refractivity contribution is 7.53. The minimum absolute atomic E-state index is 0.0423. The first-order valence-electron chi connectivity index (χ1n) is 6.49. The van der Waals surface area contributed by atoms with Crippen molar-refractivity contribution in [2.75, 3.05) is 12.3 Å². The minimum atomic E-state index is -5.32. The lowest BCUT2D eigenvalue weighted by Gasteiger charge is -2.30. The lowest BCUT2D eigenvalue weighted by molar-refractivity contribution is -0.0595. The summed E-state index contributed by atoms with van der Waals surface area (Å²) in [5, 5.41) is 26.6. The summed E-state index contributed by atoms with van der Waals surface area (Å²) in [6, 6.07) is 0. The summed E-state index contributed by atoms with van der Waals surface area (Å²) >= 11 is 0. The molecule has 0 bridgehead atoms. The van der Waals surface area contributed by atoms with Crippen LogP contribution in [0.1, 0.15) is 6.23 Å². The molecule has 14 heteroatoms. The van der Waals surface area contributed by atoms with Crippen LogP contribution in [-0.4, -0.2) is 68.8 Å². The monoisotopic (exact) mass is 365 g/mol. The molecule has 1 aliphatic rings. The lowest BCUT2D eigenvalue weighted by atomic mass is 10.1. The molecule has 0 aliphatic carbocycles. The molecular formula is C10H13FN5O7P. The number of halogens is 1. The van der Waals surface area contributed by atoms with Gasteiger partial charge in [0.15, 0.2) is 23.2 Å². The third kappa shape index (κ3) is 2.22. The van der Waals surface area contributed by atoms with Gasteiger partial charge >= 0.3 is 13.7 Å². The molecule has 0 aromatic carbocycles. The zero-order valence-electron chi connectivity index (χ0n) is 11.8. The van der Waals surface area contributed by atoms with E-state index in [1.165, 1.54) is 0 Å². The summed E-state index contributed by atoms with van der Waals surface area (Å²) in [5.74, 6) is -0.298. The van der Waals surface area contributed by atoms with E-state index < -0.39 is 44.1 Å². The first kappa shape index (κ1) is 17.1. The first-order chi connectivity index (χ1) is 11.1. The highest BCUT2D eigenvalue weighted by atomic mass is 31.2. The normalized spacial score (nSPS) is 31.0. The Labute approximate surface area is 132 Å². The number of ether oxygens (including phenoxy) is 1. The van der Waals surface area contributed by atoms with Gasteiger partial charge in [-0.05, 0) is 0 Å². The number of aliphatic hydroxyl groups is 3. The van der Waals surface area contributed by atoms with Crippen molar-refractivity contribution < 1.29 is 38.8 Å². The molecule has 0 spiro atoms. The molecular weight excluding hydrogens is 352 g/mol. The van der Waals surface area contributed by atoms with Crippen molar-refractivity contribution >= 4 is 24.6 Å². The highest BCUT2D eigenvalue weighted by Gasteiger charge is 2.65. The van der Waals surface area contributed by atoms with Crippen LogP contribution < -0.4 is 5.73 Å². The average Bonchev–Trinajstić information content (AvgIpc) is 3.00. The maximum Gasteiger partial charge on any atom is 0.362 e. The van der Waals surface area contributed by atoms with Crippen LogP contribution in [0, 0.1) is 6.08 Å². The number of rotatable bonds is 3. The van der Waals surface area contributed by atoms with E-state index in [1.807, 2.05) is 0 Å². The van der Waals surface area contributed by atoms with Crippen LogP contribution in [0.25, 0.3) is 11.2 Å². The number of imidazole rings is 1. The van der Waals surface area contributed by atoms with Crippen molar-refractivity contribution in [3.05, 3.63) is 12.4 Å². The molecule has 2 aromatic rings. The van der Waals surface area contributed by atoms with Gasteiger partial charge in [-0.25, -0.2) is 4.98 Å². The Kier molecular flexibility index (Phi) is 3.84. The molecule has 0 radical (unpaired) electrons. The number of anilines is 1. The van der Waals surface area contributed by atoms with E-state index >= 15 is 0 Å². The summed E-state index contributed by atoms with van der Waals surface area (Å²) in [6.45, 7) is -0.993. The average molecular weight is 365 g/mol. The van der Waals surface area contributed by atoms with Gasteiger partial charge in [0.25, 0.3) is 0 Å². The number of fused-ring (bicyclic) bond motifs is 1. The van der Waals surface area contributed by atoms with E-state index in [9.17, 15) is 34.1 Å². The molecule has 0 saturated carbocycles. The Morgan fingerprint density at radius 3 is 2.67 bits per heavy atom. The van der Waals surface area contributed by atoms with Crippen molar-refractivity contribution in [1.29, 1.82) is 0 Å². The number of aromatic nitrogens is 4. The van der Waals surface area contributed by atoms with Crippen molar-refractivity contribution in [2.24, 2.45) is 0 Å².